The van der Waals surface area contributed by atoms with E-state index >= 15 is 0 Å². The number of hydrogen-bond acceptors (Lipinski definition) is 10. The summed E-state index contributed by atoms with van der Waals surface area (Å²) >= 11 is 18.4. The van der Waals surface area contributed by atoms with Crippen LogP contribution in [0.3, 0.4) is 0 Å². The highest BCUT2D eigenvalue weighted by molar-refractivity contribution is 9.09. The topological polar surface area (TPSA) is 161 Å². The lowest BCUT2D eigenvalue weighted by Gasteiger charge is -2.12. The molecule has 0 unspecified atom stereocenters. The number of aryl methyl sites for hydroxylation is 2. The van der Waals surface area contributed by atoms with Gasteiger partial charge in [0.15, 0.2) is 22.3 Å². The van der Waals surface area contributed by atoms with Crippen molar-refractivity contribution in [2.45, 2.75) is 59.2 Å². The molecule has 0 N–H and O–H groups in total. The van der Waals surface area contributed by atoms with Crippen LogP contribution < -0.4 is 41.4 Å². The number of halogens is 10. The summed E-state index contributed by atoms with van der Waals surface area (Å²) in [4.78, 5) is 60.7. The van der Waals surface area contributed by atoms with E-state index in [9.17, 15) is 45.5 Å². The minimum absolute atomic E-state index is 0.00908. The molecule has 0 bridgehead atoms. The second kappa shape index (κ2) is 24.0. The predicted molar refractivity (Wildman–Crippen MR) is 270 cm³/mol. The van der Waals surface area contributed by atoms with Crippen LogP contribution in [0.1, 0.15) is 31.4 Å². The lowest BCUT2D eigenvalue weighted by Crippen LogP contribution is -2.40. The van der Waals surface area contributed by atoms with Crippen LogP contribution in [0.15, 0.2) is 116 Å². The fourth-order valence-corrected chi connectivity index (χ4v) is 7.90. The number of nitrogens with zero attached hydrogens (tertiary/aromatic N) is 8. The summed E-state index contributed by atoms with van der Waals surface area (Å²) in [7, 11) is 2.94. The summed E-state index contributed by atoms with van der Waals surface area (Å²) in [6.07, 6.45) is -8.50. The maximum atomic E-state index is 13.3. The van der Waals surface area contributed by atoms with Crippen molar-refractivity contribution in [3.8, 4) is 35.0 Å². The Balaban J connectivity index is 0.000000226. The van der Waals surface area contributed by atoms with E-state index in [-0.39, 0.29) is 72.0 Å². The Hall–Kier alpha value is -6.50. The van der Waals surface area contributed by atoms with Crippen molar-refractivity contribution in [3.63, 3.8) is 0 Å². The Morgan fingerprint density at radius 2 is 0.863 bits per heavy atom. The Kier molecular flexibility index (Phi) is 18.4. The van der Waals surface area contributed by atoms with Crippen LogP contribution in [-0.2, 0) is 40.3 Å². The van der Waals surface area contributed by atoms with E-state index in [4.69, 9.17) is 32.7 Å². The number of hydrogen-bond donors (Lipinski definition) is 0. The zero-order valence-corrected chi connectivity index (χ0v) is 43.5. The summed E-state index contributed by atoms with van der Waals surface area (Å²) in [5.41, 5.74) is -0.464. The van der Waals surface area contributed by atoms with Gasteiger partial charge in [-0.1, -0.05) is 112 Å². The molecular weight excluding hydrogens is 1150 g/mol. The van der Waals surface area contributed by atoms with Gasteiger partial charge in [0, 0.05) is 60.0 Å². The average Bonchev–Trinajstić information content (AvgIpc) is 3.86. The van der Waals surface area contributed by atoms with Gasteiger partial charge in [-0.15, -0.1) is 26.3 Å². The molecule has 8 rings (SSSR count). The number of alkyl halides is 8. The summed E-state index contributed by atoms with van der Waals surface area (Å²) < 4.78 is 103. The SMILES string of the molecule is CCC.Cn1c(=O)n(CCBr)c(=O)c2c1nc(Oc1cccc(OC(F)(F)F)c1)n2Cc1ccc(Cl)cc1.Cn1c(=O)n(CCBr)c(=O)c2c1nc(Oc1cccc(OC(F)(F)F)c1)n2Cc1ccc(Cl)cc1. The van der Waals surface area contributed by atoms with Gasteiger partial charge in [0.25, 0.3) is 11.1 Å². The number of benzene rings is 4. The van der Waals surface area contributed by atoms with Crippen molar-refractivity contribution in [1.82, 2.24) is 37.4 Å². The molecule has 0 aliphatic rings. The van der Waals surface area contributed by atoms with Gasteiger partial charge in [0.2, 0.25) is 0 Å². The van der Waals surface area contributed by atoms with E-state index in [0.717, 1.165) is 44.5 Å². The number of aromatic nitrogens is 8. The smallest absolute Gasteiger partial charge is 0.425 e. The molecule has 26 heteroatoms. The van der Waals surface area contributed by atoms with Gasteiger partial charge < -0.3 is 18.9 Å². The first-order valence-corrected chi connectivity index (χ1v) is 24.6. The van der Waals surface area contributed by atoms with Crippen molar-refractivity contribution >= 4 is 77.4 Å². The quantitative estimate of drug-likeness (QED) is 0.0757. The maximum absolute atomic E-state index is 13.3. The third-order valence-electron chi connectivity index (χ3n) is 10.0. The maximum Gasteiger partial charge on any atom is 0.573 e. The van der Waals surface area contributed by atoms with Crippen LogP contribution >= 0.6 is 55.1 Å². The van der Waals surface area contributed by atoms with Crippen molar-refractivity contribution in [2.75, 3.05) is 10.7 Å². The van der Waals surface area contributed by atoms with E-state index in [1.807, 2.05) is 0 Å². The molecule has 0 aliphatic carbocycles. The van der Waals surface area contributed by atoms with E-state index < -0.39 is 46.7 Å². The molecule has 0 spiro atoms. The van der Waals surface area contributed by atoms with E-state index in [0.29, 0.717) is 20.7 Å². The van der Waals surface area contributed by atoms with E-state index in [2.05, 4.69) is 65.1 Å². The van der Waals surface area contributed by atoms with E-state index in [1.165, 1.54) is 63.1 Å². The van der Waals surface area contributed by atoms with Crippen LogP contribution in [-0.4, -0.2) is 60.8 Å². The third-order valence-corrected chi connectivity index (χ3v) is 11.2. The number of rotatable bonds is 14. The van der Waals surface area contributed by atoms with Crippen molar-refractivity contribution < 1.29 is 45.3 Å². The Labute approximate surface area is 436 Å². The van der Waals surface area contributed by atoms with Crippen LogP contribution in [0.2, 0.25) is 10.0 Å². The van der Waals surface area contributed by atoms with Crippen LogP contribution in [0, 0.1) is 0 Å². The van der Waals surface area contributed by atoms with Gasteiger partial charge >= 0.3 is 36.1 Å². The number of fused-ring (bicyclic) bond motifs is 2. The van der Waals surface area contributed by atoms with Crippen LogP contribution in [0.4, 0.5) is 26.3 Å². The van der Waals surface area contributed by atoms with E-state index in [1.54, 1.807) is 48.5 Å². The normalized spacial score (nSPS) is 11.5. The van der Waals surface area contributed by atoms with Gasteiger partial charge in [-0.2, -0.15) is 9.97 Å². The van der Waals surface area contributed by atoms with Crippen molar-refractivity contribution in [2.24, 2.45) is 14.1 Å². The molecule has 0 fully saturated rings. The van der Waals surface area contributed by atoms with Crippen LogP contribution in [0.25, 0.3) is 22.3 Å². The Morgan fingerprint density at radius 3 is 1.18 bits per heavy atom. The minimum atomic E-state index is -4.88. The first kappa shape index (κ1) is 55.8. The molecule has 16 nitrogen and oxygen atoms in total. The lowest BCUT2D eigenvalue weighted by molar-refractivity contribution is -0.275. The first-order valence-electron chi connectivity index (χ1n) is 21.6. The molecule has 8 aromatic rings. The van der Waals surface area contributed by atoms with Crippen molar-refractivity contribution in [3.05, 3.63) is 160 Å². The van der Waals surface area contributed by atoms with Gasteiger partial charge in [-0.25, -0.2) is 9.59 Å². The van der Waals surface area contributed by atoms with Gasteiger partial charge in [-0.05, 0) is 59.7 Å². The molecule has 388 valence electrons. The highest BCUT2D eigenvalue weighted by Gasteiger charge is 2.32. The third kappa shape index (κ3) is 14.0. The summed E-state index contributed by atoms with van der Waals surface area (Å²) in [6.45, 7) is 4.73. The molecule has 0 saturated heterocycles. The molecule has 0 saturated carbocycles. The monoisotopic (exact) mass is 1190 g/mol. The van der Waals surface area contributed by atoms with Gasteiger partial charge in [0.05, 0.1) is 13.1 Å². The Morgan fingerprint density at radius 1 is 0.534 bits per heavy atom. The molecule has 4 heterocycles. The zero-order valence-electron chi connectivity index (χ0n) is 38.8. The minimum Gasteiger partial charge on any atom is -0.425 e. The second-order valence-electron chi connectivity index (χ2n) is 15.5. The lowest BCUT2D eigenvalue weighted by atomic mass is 10.2. The average molecular weight is 1190 g/mol. The predicted octanol–water partition coefficient (Wildman–Crippen LogP) is 10.8. The molecule has 0 aliphatic heterocycles. The molecule has 4 aromatic heterocycles. The standard InChI is InChI=1S/2C22H17BrClF3N4O4.C3H8/c2*1-29-18-17(19(32)30(10-9-23)21(29)33)31(12-13-5-7-14(24)8-6-13)20(28-18)34-15-3-2-4-16(11-15)35-22(25,26)27;1-3-2/h2*2-8,11H,9-10,12H2,1H3;3H2,1-2H3. The zero-order chi connectivity index (χ0) is 53.4. The molecule has 4 aromatic carbocycles. The highest BCUT2D eigenvalue weighted by atomic mass is 79.9. The van der Waals surface area contributed by atoms with Gasteiger partial charge in [0.1, 0.15) is 23.0 Å². The molecule has 0 atom stereocenters. The number of ether oxygens (including phenoxy) is 4. The number of imidazole rings is 2. The summed E-state index contributed by atoms with van der Waals surface area (Å²) in [5, 5.41) is 1.77. The van der Waals surface area contributed by atoms with Crippen molar-refractivity contribution in [1.29, 1.82) is 0 Å². The molecule has 73 heavy (non-hydrogen) atoms. The molecule has 0 radical (unpaired) electrons. The fraction of sp³-hybridized carbons (Fsp3) is 0.277. The largest absolute Gasteiger partial charge is 0.573 e. The van der Waals surface area contributed by atoms with Gasteiger partial charge in [-0.3, -0.25) is 37.0 Å². The van der Waals surface area contributed by atoms with Crippen LogP contribution in [0.5, 0.6) is 35.0 Å². The first-order chi connectivity index (χ1) is 34.6. The Bertz CT molecular complexity index is 3240. The summed E-state index contributed by atoms with van der Waals surface area (Å²) in [5.74, 6) is -0.986. The molecule has 0 amide bonds. The fourth-order valence-electron chi connectivity index (χ4n) is 6.94. The highest BCUT2D eigenvalue weighted by Crippen LogP contribution is 2.32. The molecular formula is C47H42Br2Cl2F6N8O8. The summed E-state index contributed by atoms with van der Waals surface area (Å²) in [6, 6.07) is 23.3. The second-order valence-corrected chi connectivity index (χ2v) is 17.9.